The van der Waals surface area contributed by atoms with Crippen LogP contribution in [0.15, 0.2) is 24.3 Å². The number of aliphatic carboxylic acids is 1. The van der Waals surface area contributed by atoms with E-state index < -0.39 is 22.6 Å². The summed E-state index contributed by atoms with van der Waals surface area (Å²) in [6.45, 7) is 1.47. The smallest absolute Gasteiger partial charge is 0.338 e. The first kappa shape index (κ1) is 10.6. The van der Waals surface area contributed by atoms with E-state index in [-0.39, 0.29) is 5.69 Å². The first-order chi connectivity index (χ1) is 7.45. The zero-order valence-corrected chi connectivity index (χ0v) is 8.41. The number of nitro groups is 1. The molecule has 0 aliphatic carbocycles. The van der Waals surface area contributed by atoms with Crippen LogP contribution in [0, 0.1) is 10.1 Å². The second-order valence-electron chi connectivity index (χ2n) is 3.76. The Morgan fingerprint density at radius 3 is 2.44 bits per heavy atom. The van der Waals surface area contributed by atoms with Crippen LogP contribution in [-0.4, -0.2) is 21.6 Å². The molecule has 6 nitrogen and oxygen atoms in total. The average Bonchev–Trinajstić information content (AvgIpc) is 2.93. The Labute approximate surface area is 90.6 Å². The van der Waals surface area contributed by atoms with Crippen molar-refractivity contribution in [2.24, 2.45) is 0 Å². The maximum absolute atomic E-state index is 10.8. The standard InChI is InChI=1S/C10H9NO5/c1-10(9(12)13)8(16-10)6-2-4-7(5-3-6)11(14)15/h2-5,8H,1H3,(H,12,13)/t8-,10+/m1/s1. The minimum Gasteiger partial charge on any atom is -0.479 e. The van der Waals surface area contributed by atoms with Crippen LogP contribution in [0.4, 0.5) is 5.69 Å². The lowest BCUT2D eigenvalue weighted by molar-refractivity contribution is -0.384. The van der Waals surface area contributed by atoms with E-state index in [9.17, 15) is 14.9 Å². The van der Waals surface area contributed by atoms with Gasteiger partial charge in [-0.2, -0.15) is 0 Å². The largest absolute Gasteiger partial charge is 0.479 e. The summed E-state index contributed by atoms with van der Waals surface area (Å²) in [5.74, 6) is -1.03. The van der Waals surface area contributed by atoms with Crippen LogP contribution in [0.25, 0.3) is 0 Å². The molecule has 0 saturated carbocycles. The molecule has 84 valence electrons. The van der Waals surface area contributed by atoms with Crippen molar-refractivity contribution in [2.75, 3.05) is 0 Å². The van der Waals surface area contributed by atoms with Gasteiger partial charge in [-0.3, -0.25) is 10.1 Å². The van der Waals surface area contributed by atoms with Crippen molar-refractivity contribution in [3.63, 3.8) is 0 Å². The SMILES string of the molecule is C[C@]1(C(=O)O)O[C@@H]1c1ccc([N+](=O)[O-])cc1. The third-order valence-electron chi connectivity index (χ3n) is 2.64. The summed E-state index contributed by atoms with van der Waals surface area (Å²) in [6.07, 6.45) is -0.522. The monoisotopic (exact) mass is 223 g/mol. The predicted octanol–water partition coefficient (Wildman–Crippen LogP) is 1.51. The molecule has 0 unspecified atom stereocenters. The van der Waals surface area contributed by atoms with Gasteiger partial charge in [-0.1, -0.05) is 0 Å². The summed E-state index contributed by atoms with van der Waals surface area (Å²) in [4.78, 5) is 20.7. The molecule has 0 spiro atoms. The number of hydrogen-bond acceptors (Lipinski definition) is 4. The van der Waals surface area contributed by atoms with Crippen LogP contribution in [0.3, 0.4) is 0 Å². The molecule has 0 radical (unpaired) electrons. The molecular formula is C10H9NO5. The molecule has 1 N–H and O–H groups in total. The summed E-state index contributed by atoms with van der Waals surface area (Å²) in [5.41, 5.74) is -0.590. The summed E-state index contributed by atoms with van der Waals surface area (Å²) in [7, 11) is 0. The third-order valence-corrected chi connectivity index (χ3v) is 2.64. The fourth-order valence-electron chi connectivity index (χ4n) is 1.53. The summed E-state index contributed by atoms with van der Waals surface area (Å²) < 4.78 is 5.08. The first-order valence-corrected chi connectivity index (χ1v) is 4.61. The minimum atomic E-state index is -1.20. The lowest BCUT2D eigenvalue weighted by atomic mass is 10.0. The normalized spacial score (nSPS) is 27.4. The maximum atomic E-state index is 10.8. The van der Waals surface area contributed by atoms with E-state index in [0.29, 0.717) is 5.56 Å². The van der Waals surface area contributed by atoms with E-state index >= 15 is 0 Å². The van der Waals surface area contributed by atoms with Gasteiger partial charge in [-0.25, -0.2) is 4.79 Å². The topological polar surface area (TPSA) is 93.0 Å². The zero-order chi connectivity index (χ0) is 11.9. The zero-order valence-electron chi connectivity index (χ0n) is 8.41. The van der Waals surface area contributed by atoms with E-state index in [0.717, 1.165) is 0 Å². The number of ether oxygens (including phenoxy) is 1. The van der Waals surface area contributed by atoms with Gasteiger partial charge < -0.3 is 9.84 Å². The highest BCUT2D eigenvalue weighted by atomic mass is 16.6. The van der Waals surface area contributed by atoms with Crippen molar-refractivity contribution >= 4 is 11.7 Å². The molecule has 0 bridgehead atoms. The Bertz CT molecular complexity index is 455. The van der Waals surface area contributed by atoms with Gasteiger partial charge in [0.25, 0.3) is 5.69 Å². The lowest BCUT2D eigenvalue weighted by Gasteiger charge is -1.99. The molecule has 6 heteroatoms. The number of non-ortho nitro benzene ring substituents is 1. The average molecular weight is 223 g/mol. The molecule has 2 rings (SSSR count). The Kier molecular flexibility index (Phi) is 2.16. The minimum absolute atomic E-state index is 0.0265. The molecule has 1 aliphatic rings. The molecule has 1 fully saturated rings. The molecule has 1 aromatic rings. The van der Waals surface area contributed by atoms with Crippen molar-refractivity contribution in [2.45, 2.75) is 18.6 Å². The van der Waals surface area contributed by atoms with Gasteiger partial charge in [0.2, 0.25) is 0 Å². The van der Waals surface area contributed by atoms with Crippen molar-refractivity contribution in [1.82, 2.24) is 0 Å². The van der Waals surface area contributed by atoms with E-state index in [2.05, 4.69) is 0 Å². The van der Waals surface area contributed by atoms with Crippen molar-refractivity contribution < 1.29 is 19.6 Å². The highest BCUT2D eigenvalue weighted by Crippen LogP contribution is 2.49. The number of carbonyl (C=O) groups is 1. The highest BCUT2D eigenvalue weighted by molar-refractivity contribution is 5.81. The van der Waals surface area contributed by atoms with Crippen LogP contribution in [0.5, 0.6) is 0 Å². The lowest BCUT2D eigenvalue weighted by Crippen LogP contribution is -2.20. The van der Waals surface area contributed by atoms with Crippen LogP contribution < -0.4 is 0 Å². The predicted molar refractivity (Wildman–Crippen MR) is 53.0 cm³/mol. The summed E-state index contributed by atoms with van der Waals surface area (Å²) in [6, 6.07) is 5.69. The van der Waals surface area contributed by atoms with E-state index in [1.807, 2.05) is 0 Å². The summed E-state index contributed by atoms with van der Waals surface area (Å²) >= 11 is 0. The molecule has 1 aliphatic heterocycles. The number of epoxide rings is 1. The summed E-state index contributed by atoms with van der Waals surface area (Å²) in [5, 5.41) is 19.3. The molecule has 16 heavy (non-hydrogen) atoms. The Morgan fingerprint density at radius 1 is 1.50 bits per heavy atom. The fraction of sp³-hybridized carbons (Fsp3) is 0.300. The van der Waals surface area contributed by atoms with Gasteiger partial charge in [-0.15, -0.1) is 0 Å². The van der Waals surface area contributed by atoms with Gasteiger partial charge in [-0.05, 0) is 24.6 Å². The van der Waals surface area contributed by atoms with E-state index in [4.69, 9.17) is 9.84 Å². The van der Waals surface area contributed by atoms with Crippen molar-refractivity contribution in [3.05, 3.63) is 39.9 Å². The van der Waals surface area contributed by atoms with Crippen LogP contribution in [-0.2, 0) is 9.53 Å². The third kappa shape index (κ3) is 1.53. The van der Waals surface area contributed by atoms with E-state index in [1.54, 1.807) is 0 Å². The molecule has 0 amide bonds. The van der Waals surface area contributed by atoms with Crippen molar-refractivity contribution in [1.29, 1.82) is 0 Å². The number of nitrogens with zero attached hydrogens (tertiary/aromatic N) is 1. The first-order valence-electron chi connectivity index (χ1n) is 4.61. The highest BCUT2D eigenvalue weighted by Gasteiger charge is 2.59. The quantitative estimate of drug-likeness (QED) is 0.476. The number of hydrogen-bond donors (Lipinski definition) is 1. The second-order valence-corrected chi connectivity index (χ2v) is 3.76. The van der Waals surface area contributed by atoms with E-state index in [1.165, 1.54) is 31.2 Å². The van der Waals surface area contributed by atoms with Gasteiger partial charge in [0, 0.05) is 12.1 Å². The Morgan fingerprint density at radius 2 is 2.06 bits per heavy atom. The molecular weight excluding hydrogens is 214 g/mol. The maximum Gasteiger partial charge on any atom is 0.338 e. The van der Waals surface area contributed by atoms with Crippen LogP contribution >= 0.6 is 0 Å². The molecule has 1 aromatic carbocycles. The van der Waals surface area contributed by atoms with Gasteiger partial charge in [0.15, 0.2) is 5.60 Å². The Hall–Kier alpha value is -1.95. The number of nitro benzene ring substituents is 1. The van der Waals surface area contributed by atoms with Crippen LogP contribution in [0.2, 0.25) is 0 Å². The number of benzene rings is 1. The molecule has 0 aromatic heterocycles. The fourth-order valence-corrected chi connectivity index (χ4v) is 1.53. The number of carboxylic acids is 1. The number of carboxylic acid groups (broad SMARTS) is 1. The van der Waals surface area contributed by atoms with Crippen LogP contribution in [0.1, 0.15) is 18.6 Å². The van der Waals surface area contributed by atoms with Gasteiger partial charge in [0.1, 0.15) is 6.10 Å². The number of rotatable bonds is 3. The second kappa shape index (κ2) is 3.28. The Balaban J connectivity index is 2.19. The molecule has 2 atom stereocenters. The van der Waals surface area contributed by atoms with Gasteiger partial charge >= 0.3 is 5.97 Å². The molecule has 1 heterocycles. The molecule has 1 saturated heterocycles. The van der Waals surface area contributed by atoms with Crippen molar-refractivity contribution in [3.8, 4) is 0 Å². The van der Waals surface area contributed by atoms with Gasteiger partial charge in [0.05, 0.1) is 4.92 Å².